The maximum atomic E-state index is 12.0. The lowest BCUT2D eigenvalue weighted by Gasteiger charge is -2.11. The van der Waals surface area contributed by atoms with Gasteiger partial charge >= 0.3 is 0 Å². The number of hydrogen-bond donors (Lipinski definition) is 2. The van der Waals surface area contributed by atoms with Crippen molar-refractivity contribution in [2.75, 3.05) is 32.1 Å². The Kier molecular flexibility index (Phi) is 4.52. The number of nitrogens with one attached hydrogen (secondary N) is 2. The minimum atomic E-state index is -0.0549. The van der Waals surface area contributed by atoms with Gasteiger partial charge in [0.25, 0.3) is 5.91 Å². The maximum absolute atomic E-state index is 12.0. The van der Waals surface area contributed by atoms with Crippen molar-refractivity contribution in [1.82, 2.24) is 10.3 Å². The van der Waals surface area contributed by atoms with E-state index in [-0.39, 0.29) is 5.91 Å². The van der Waals surface area contributed by atoms with Crippen LogP contribution < -0.4 is 10.6 Å². The summed E-state index contributed by atoms with van der Waals surface area (Å²) in [5.74, 6) is 0.534. The van der Waals surface area contributed by atoms with Gasteiger partial charge in [-0.1, -0.05) is 0 Å². The molecule has 5 heteroatoms. The van der Waals surface area contributed by atoms with Gasteiger partial charge in [0.05, 0.1) is 17.4 Å². The first kappa shape index (κ1) is 12.8. The number of ether oxygens (including phenoxy) is 1. The molecule has 5 nitrogen and oxygen atoms in total. The standard InChI is InChI=1S/C13H19N3O2/c1-14-12-8-15-5-3-11(12)13(17)16-6-2-10-4-7-18-9-10/h3,5,8,10,14H,2,4,6-7,9H2,1H3,(H,16,17). The average Bonchev–Trinajstić information content (AvgIpc) is 2.91. The molecular formula is C13H19N3O2. The predicted octanol–water partition coefficient (Wildman–Crippen LogP) is 1.28. The highest BCUT2D eigenvalue weighted by atomic mass is 16.5. The van der Waals surface area contributed by atoms with Crippen LogP contribution in [0.1, 0.15) is 23.2 Å². The number of nitrogens with zero attached hydrogens (tertiary/aromatic N) is 1. The molecule has 1 amide bonds. The number of carbonyl (C=O) groups is 1. The summed E-state index contributed by atoms with van der Waals surface area (Å²) in [5.41, 5.74) is 1.38. The van der Waals surface area contributed by atoms with Crippen molar-refractivity contribution in [3.63, 3.8) is 0 Å². The fourth-order valence-electron chi connectivity index (χ4n) is 2.09. The van der Waals surface area contributed by atoms with E-state index in [1.54, 1.807) is 25.5 Å². The van der Waals surface area contributed by atoms with Crippen molar-refractivity contribution in [2.45, 2.75) is 12.8 Å². The summed E-state index contributed by atoms with van der Waals surface area (Å²) in [4.78, 5) is 16.0. The molecule has 1 aliphatic rings. The average molecular weight is 249 g/mol. The zero-order valence-electron chi connectivity index (χ0n) is 10.6. The molecule has 1 aromatic heterocycles. The molecule has 2 N–H and O–H groups in total. The molecule has 1 aliphatic heterocycles. The molecule has 98 valence electrons. The molecule has 0 bridgehead atoms. The highest BCUT2D eigenvalue weighted by molar-refractivity contribution is 5.99. The lowest BCUT2D eigenvalue weighted by atomic mass is 10.1. The monoisotopic (exact) mass is 249 g/mol. The van der Waals surface area contributed by atoms with E-state index >= 15 is 0 Å². The Balaban J connectivity index is 1.83. The Hall–Kier alpha value is -1.62. The molecule has 0 radical (unpaired) electrons. The van der Waals surface area contributed by atoms with Gasteiger partial charge in [0.1, 0.15) is 0 Å². The molecule has 2 rings (SSSR count). The van der Waals surface area contributed by atoms with Gasteiger partial charge in [-0.15, -0.1) is 0 Å². The lowest BCUT2D eigenvalue weighted by Crippen LogP contribution is -2.26. The molecule has 1 atom stereocenters. The molecule has 1 fully saturated rings. The van der Waals surface area contributed by atoms with Crippen LogP contribution in [0, 0.1) is 5.92 Å². The number of aromatic nitrogens is 1. The van der Waals surface area contributed by atoms with Crippen LogP contribution in [-0.2, 0) is 4.74 Å². The van der Waals surface area contributed by atoms with Crippen LogP contribution >= 0.6 is 0 Å². The Morgan fingerprint density at radius 3 is 3.22 bits per heavy atom. The lowest BCUT2D eigenvalue weighted by molar-refractivity contribution is 0.0951. The number of rotatable bonds is 5. The third-order valence-electron chi connectivity index (χ3n) is 3.20. The fourth-order valence-corrected chi connectivity index (χ4v) is 2.09. The summed E-state index contributed by atoms with van der Waals surface area (Å²) < 4.78 is 5.30. The molecule has 0 spiro atoms. The van der Waals surface area contributed by atoms with Crippen LogP contribution in [0.3, 0.4) is 0 Å². The van der Waals surface area contributed by atoms with Crippen LogP contribution in [-0.4, -0.2) is 37.7 Å². The van der Waals surface area contributed by atoms with Crippen molar-refractivity contribution in [3.05, 3.63) is 24.0 Å². The van der Waals surface area contributed by atoms with Gasteiger partial charge in [0.15, 0.2) is 0 Å². The molecule has 1 unspecified atom stereocenters. The van der Waals surface area contributed by atoms with Crippen molar-refractivity contribution >= 4 is 11.6 Å². The summed E-state index contributed by atoms with van der Waals surface area (Å²) in [7, 11) is 1.78. The van der Waals surface area contributed by atoms with Gasteiger partial charge < -0.3 is 15.4 Å². The molecule has 1 aromatic rings. The highest BCUT2D eigenvalue weighted by Crippen LogP contribution is 2.16. The van der Waals surface area contributed by atoms with Crippen LogP contribution in [0.25, 0.3) is 0 Å². The highest BCUT2D eigenvalue weighted by Gasteiger charge is 2.16. The van der Waals surface area contributed by atoms with Crippen molar-refractivity contribution in [3.8, 4) is 0 Å². The fraction of sp³-hybridized carbons (Fsp3) is 0.538. The maximum Gasteiger partial charge on any atom is 0.253 e. The zero-order valence-corrected chi connectivity index (χ0v) is 10.6. The first-order valence-corrected chi connectivity index (χ1v) is 6.29. The van der Waals surface area contributed by atoms with Gasteiger partial charge in [-0.2, -0.15) is 0 Å². The summed E-state index contributed by atoms with van der Waals surface area (Å²) in [5, 5.41) is 5.90. The van der Waals surface area contributed by atoms with E-state index in [1.807, 2.05) is 0 Å². The third kappa shape index (κ3) is 3.20. The predicted molar refractivity (Wildman–Crippen MR) is 69.7 cm³/mol. The van der Waals surface area contributed by atoms with Crippen LogP contribution in [0.15, 0.2) is 18.5 Å². The summed E-state index contributed by atoms with van der Waals surface area (Å²) in [6.45, 7) is 2.37. The molecule has 0 saturated carbocycles. The second kappa shape index (κ2) is 6.35. The van der Waals surface area contributed by atoms with Gasteiger partial charge in [-0.05, 0) is 24.8 Å². The van der Waals surface area contributed by atoms with Gasteiger partial charge in [0.2, 0.25) is 0 Å². The van der Waals surface area contributed by atoms with E-state index in [2.05, 4.69) is 15.6 Å². The minimum Gasteiger partial charge on any atom is -0.386 e. The van der Waals surface area contributed by atoms with E-state index < -0.39 is 0 Å². The number of amides is 1. The summed E-state index contributed by atoms with van der Waals surface area (Å²) in [6, 6.07) is 1.72. The molecular weight excluding hydrogens is 230 g/mol. The number of anilines is 1. The van der Waals surface area contributed by atoms with Crippen LogP contribution in [0.5, 0.6) is 0 Å². The Morgan fingerprint density at radius 2 is 2.50 bits per heavy atom. The molecule has 0 aromatic carbocycles. The topological polar surface area (TPSA) is 63.2 Å². The van der Waals surface area contributed by atoms with Crippen molar-refractivity contribution in [2.24, 2.45) is 5.92 Å². The molecule has 18 heavy (non-hydrogen) atoms. The number of carbonyl (C=O) groups excluding carboxylic acids is 1. The Bertz CT molecular complexity index is 403. The zero-order chi connectivity index (χ0) is 12.8. The SMILES string of the molecule is CNc1cnccc1C(=O)NCCC1CCOC1. The quantitative estimate of drug-likeness (QED) is 0.825. The first-order chi connectivity index (χ1) is 8.81. The van der Waals surface area contributed by atoms with Gasteiger partial charge in [0, 0.05) is 33.0 Å². The van der Waals surface area contributed by atoms with Crippen LogP contribution in [0.2, 0.25) is 0 Å². The van der Waals surface area contributed by atoms with E-state index in [0.717, 1.165) is 31.7 Å². The Labute approximate surface area is 107 Å². The Morgan fingerprint density at radius 1 is 1.61 bits per heavy atom. The van der Waals surface area contributed by atoms with E-state index in [0.29, 0.717) is 18.0 Å². The second-order valence-electron chi connectivity index (χ2n) is 4.45. The molecule has 0 aliphatic carbocycles. The van der Waals surface area contributed by atoms with Crippen LogP contribution in [0.4, 0.5) is 5.69 Å². The van der Waals surface area contributed by atoms with Crippen molar-refractivity contribution in [1.29, 1.82) is 0 Å². The molecule has 1 saturated heterocycles. The largest absolute Gasteiger partial charge is 0.386 e. The first-order valence-electron chi connectivity index (χ1n) is 6.29. The third-order valence-corrected chi connectivity index (χ3v) is 3.20. The number of pyridine rings is 1. The summed E-state index contributed by atoms with van der Waals surface area (Å²) in [6.07, 6.45) is 5.36. The van der Waals surface area contributed by atoms with Crippen molar-refractivity contribution < 1.29 is 9.53 Å². The van der Waals surface area contributed by atoms with E-state index in [4.69, 9.17) is 4.74 Å². The van der Waals surface area contributed by atoms with Gasteiger partial charge in [-0.3, -0.25) is 9.78 Å². The van der Waals surface area contributed by atoms with Gasteiger partial charge in [-0.25, -0.2) is 0 Å². The molecule has 2 heterocycles. The number of hydrogen-bond acceptors (Lipinski definition) is 4. The normalized spacial score (nSPS) is 18.6. The van der Waals surface area contributed by atoms with E-state index in [9.17, 15) is 4.79 Å². The second-order valence-corrected chi connectivity index (χ2v) is 4.45. The smallest absolute Gasteiger partial charge is 0.253 e. The van der Waals surface area contributed by atoms with E-state index in [1.165, 1.54) is 0 Å². The summed E-state index contributed by atoms with van der Waals surface area (Å²) >= 11 is 0. The minimum absolute atomic E-state index is 0.0549.